The summed E-state index contributed by atoms with van der Waals surface area (Å²) in [6.45, 7) is 13.8. The Hall–Kier alpha value is -0.820. The highest BCUT2D eigenvalue weighted by Gasteiger charge is 2.16. The first-order valence-corrected chi connectivity index (χ1v) is 7.96. The van der Waals surface area contributed by atoms with Crippen molar-refractivity contribution in [3.8, 4) is 0 Å². The fraction of sp³-hybridized carbons (Fsp3) is 0.684. The Bertz CT molecular complexity index is 412. The van der Waals surface area contributed by atoms with E-state index in [0.29, 0.717) is 17.3 Å². The number of aryl methyl sites for hydroxylation is 1. The van der Waals surface area contributed by atoms with Gasteiger partial charge in [-0.1, -0.05) is 59.7 Å². The largest absolute Gasteiger partial charge is 0.396 e. The minimum atomic E-state index is 0.269. The van der Waals surface area contributed by atoms with Gasteiger partial charge >= 0.3 is 0 Å². The first kappa shape index (κ1) is 17.2. The minimum Gasteiger partial charge on any atom is -0.396 e. The van der Waals surface area contributed by atoms with Gasteiger partial charge in [0.15, 0.2) is 0 Å². The van der Waals surface area contributed by atoms with E-state index in [0.717, 1.165) is 12.8 Å². The van der Waals surface area contributed by atoms with E-state index in [-0.39, 0.29) is 6.61 Å². The van der Waals surface area contributed by atoms with Crippen molar-refractivity contribution in [1.29, 1.82) is 0 Å². The molecule has 0 aliphatic heterocycles. The Morgan fingerprint density at radius 3 is 2.25 bits per heavy atom. The zero-order chi connectivity index (χ0) is 15.3. The molecule has 1 aromatic rings. The summed E-state index contributed by atoms with van der Waals surface area (Å²) in [5.41, 5.74) is 4.78. The van der Waals surface area contributed by atoms with Crippen LogP contribution in [0.2, 0.25) is 0 Å². The Kier molecular flexibility index (Phi) is 6.26. The van der Waals surface area contributed by atoms with Gasteiger partial charge in [0.2, 0.25) is 0 Å². The van der Waals surface area contributed by atoms with Crippen molar-refractivity contribution in [2.75, 3.05) is 6.61 Å². The Labute approximate surface area is 125 Å². The number of rotatable bonds is 6. The Morgan fingerprint density at radius 2 is 1.75 bits per heavy atom. The van der Waals surface area contributed by atoms with Gasteiger partial charge < -0.3 is 5.11 Å². The maximum atomic E-state index is 9.38. The molecule has 1 atom stereocenters. The molecular weight excluding hydrogens is 244 g/mol. The molecular formula is C19H32O. The molecule has 0 spiro atoms. The molecule has 0 fully saturated rings. The van der Waals surface area contributed by atoms with Crippen LogP contribution in [0.25, 0.3) is 0 Å². The van der Waals surface area contributed by atoms with Crippen LogP contribution in [0.3, 0.4) is 0 Å². The van der Waals surface area contributed by atoms with Gasteiger partial charge in [-0.25, -0.2) is 0 Å². The second kappa shape index (κ2) is 7.26. The van der Waals surface area contributed by atoms with Gasteiger partial charge in [0.05, 0.1) is 0 Å². The molecule has 0 radical (unpaired) electrons. The minimum absolute atomic E-state index is 0.269. The quantitative estimate of drug-likeness (QED) is 0.778. The van der Waals surface area contributed by atoms with Crippen LogP contribution in [-0.4, -0.2) is 11.7 Å². The second-order valence-corrected chi connectivity index (χ2v) is 7.69. The predicted molar refractivity (Wildman–Crippen MR) is 88.3 cm³/mol. The van der Waals surface area contributed by atoms with E-state index in [4.69, 9.17) is 0 Å². The normalized spacial score (nSPS) is 13.8. The summed E-state index contributed by atoms with van der Waals surface area (Å²) in [4.78, 5) is 0. The SMILES string of the molecule is CC(C)c1cccc(CCC(C)(C)C)c1C[C@@H](C)CO. The van der Waals surface area contributed by atoms with Crippen molar-refractivity contribution in [3.05, 3.63) is 34.9 Å². The molecule has 1 aromatic carbocycles. The van der Waals surface area contributed by atoms with Crippen molar-refractivity contribution < 1.29 is 5.11 Å². The summed E-state index contributed by atoms with van der Waals surface area (Å²) in [7, 11) is 0. The van der Waals surface area contributed by atoms with Crippen molar-refractivity contribution in [3.63, 3.8) is 0 Å². The van der Waals surface area contributed by atoms with E-state index in [1.807, 2.05) is 0 Å². The number of aliphatic hydroxyl groups is 1. The average Bonchev–Trinajstić information content (AvgIpc) is 2.35. The second-order valence-electron chi connectivity index (χ2n) is 7.69. The zero-order valence-corrected chi connectivity index (χ0v) is 14.2. The van der Waals surface area contributed by atoms with Gasteiger partial charge in [0.1, 0.15) is 0 Å². The molecule has 0 aromatic heterocycles. The van der Waals surface area contributed by atoms with Gasteiger partial charge in [-0.15, -0.1) is 0 Å². The topological polar surface area (TPSA) is 20.2 Å². The summed E-state index contributed by atoms with van der Waals surface area (Å²) in [5, 5.41) is 9.38. The van der Waals surface area contributed by atoms with E-state index >= 15 is 0 Å². The fourth-order valence-electron chi connectivity index (χ4n) is 2.60. The highest BCUT2D eigenvalue weighted by molar-refractivity contribution is 5.37. The number of benzene rings is 1. The van der Waals surface area contributed by atoms with Gasteiger partial charge in [-0.05, 0) is 53.2 Å². The zero-order valence-electron chi connectivity index (χ0n) is 14.2. The number of hydrogen-bond donors (Lipinski definition) is 1. The van der Waals surface area contributed by atoms with Gasteiger partial charge in [0.25, 0.3) is 0 Å². The summed E-state index contributed by atoms with van der Waals surface area (Å²) < 4.78 is 0. The molecule has 0 aliphatic carbocycles. The van der Waals surface area contributed by atoms with E-state index in [1.54, 1.807) is 0 Å². The van der Waals surface area contributed by atoms with Crippen LogP contribution in [0.4, 0.5) is 0 Å². The van der Waals surface area contributed by atoms with Crippen molar-refractivity contribution in [2.45, 2.75) is 66.7 Å². The lowest BCUT2D eigenvalue weighted by atomic mass is 9.83. The lowest BCUT2D eigenvalue weighted by Gasteiger charge is -2.23. The van der Waals surface area contributed by atoms with Gasteiger partial charge in [-0.2, -0.15) is 0 Å². The lowest BCUT2D eigenvalue weighted by Crippen LogP contribution is -2.12. The van der Waals surface area contributed by atoms with E-state index < -0.39 is 0 Å². The van der Waals surface area contributed by atoms with Crippen LogP contribution in [0, 0.1) is 11.3 Å². The number of aliphatic hydroxyl groups excluding tert-OH is 1. The molecule has 20 heavy (non-hydrogen) atoms. The molecule has 1 heteroatoms. The average molecular weight is 276 g/mol. The molecule has 0 saturated carbocycles. The molecule has 0 amide bonds. The molecule has 1 nitrogen and oxygen atoms in total. The smallest absolute Gasteiger partial charge is 0.0459 e. The molecule has 0 heterocycles. The first-order chi connectivity index (χ1) is 9.24. The highest BCUT2D eigenvalue weighted by Crippen LogP contribution is 2.29. The van der Waals surface area contributed by atoms with Gasteiger partial charge in [-0.3, -0.25) is 0 Å². The van der Waals surface area contributed by atoms with Crippen LogP contribution in [0.5, 0.6) is 0 Å². The summed E-state index contributed by atoms with van der Waals surface area (Å²) in [5.74, 6) is 0.883. The maximum absolute atomic E-state index is 9.38. The third kappa shape index (κ3) is 5.28. The van der Waals surface area contributed by atoms with Crippen LogP contribution < -0.4 is 0 Å². The van der Waals surface area contributed by atoms with E-state index in [1.165, 1.54) is 23.1 Å². The molecule has 114 valence electrons. The molecule has 1 N–H and O–H groups in total. The Morgan fingerprint density at radius 1 is 1.10 bits per heavy atom. The predicted octanol–water partition coefficient (Wildman–Crippen LogP) is 4.96. The molecule has 1 rings (SSSR count). The van der Waals surface area contributed by atoms with Crippen LogP contribution >= 0.6 is 0 Å². The molecule has 0 unspecified atom stereocenters. The number of hydrogen-bond acceptors (Lipinski definition) is 1. The van der Waals surface area contributed by atoms with Crippen molar-refractivity contribution in [1.82, 2.24) is 0 Å². The fourth-order valence-corrected chi connectivity index (χ4v) is 2.60. The van der Waals surface area contributed by atoms with Crippen LogP contribution in [0.1, 0.15) is 70.6 Å². The monoisotopic (exact) mass is 276 g/mol. The summed E-state index contributed by atoms with van der Waals surface area (Å²) >= 11 is 0. The van der Waals surface area contributed by atoms with Gasteiger partial charge in [0, 0.05) is 6.61 Å². The summed E-state index contributed by atoms with van der Waals surface area (Å²) in [6.07, 6.45) is 3.33. The van der Waals surface area contributed by atoms with Crippen LogP contribution in [0.15, 0.2) is 18.2 Å². The third-order valence-corrected chi connectivity index (χ3v) is 3.94. The molecule has 0 saturated heterocycles. The molecule has 0 aliphatic rings. The van der Waals surface area contributed by atoms with E-state index in [9.17, 15) is 5.11 Å². The lowest BCUT2D eigenvalue weighted by molar-refractivity contribution is 0.236. The standard InChI is InChI=1S/C19H32O/c1-14(2)17-9-7-8-16(10-11-19(4,5)6)18(17)12-15(3)13-20/h7-9,14-15,20H,10-13H2,1-6H3/t15-/m1/s1. The third-order valence-electron chi connectivity index (χ3n) is 3.94. The van der Waals surface area contributed by atoms with Crippen LogP contribution in [-0.2, 0) is 12.8 Å². The van der Waals surface area contributed by atoms with E-state index in [2.05, 4.69) is 59.7 Å². The highest BCUT2D eigenvalue weighted by atomic mass is 16.3. The Balaban J connectivity index is 3.05. The molecule has 0 bridgehead atoms. The first-order valence-electron chi connectivity index (χ1n) is 7.96. The maximum Gasteiger partial charge on any atom is 0.0459 e. The van der Waals surface area contributed by atoms with Crippen molar-refractivity contribution in [2.24, 2.45) is 11.3 Å². The van der Waals surface area contributed by atoms with Crippen molar-refractivity contribution >= 4 is 0 Å². The summed E-state index contributed by atoms with van der Waals surface area (Å²) in [6, 6.07) is 6.72.